The molecule has 3 aromatic rings. The molecule has 2 aromatic heterocycles. The van der Waals surface area contributed by atoms with Crippen molar-refractivity contribution in [2.75, 3.05) is 45.6 Å². The second-order valence-electron chi connectivity index (χ2n) is 7.56. The van der Waals surface area contributed by atoms with Crippen LogP contribution in [-0.2, 0) is 16.1 Å². The number of thioether (sulfide) groups is 1. The highest BCUT2D eigenvalue weighted by Gasteiger charge is 2.25. The predicted molar refractivity (Wildman–Crippen MR) is 126 cm³/mol. The summed E-state index contributed by atoms with van der Waals surface area (Å²) in [7, 11) is 1.62. The molecule has 0 bridgehead atoms. The standard InChI is InChI=1S/C23H27N5O5S/c1-3-32-23(30)27-11-9-26(10-12-27)20(29)16-34-22-25-24-21(17-6-4-7-18(14-17)31-2)28(22)15-19-8-5-13-33-19/h4-8,13-14H,3,9-12,15-16H2,1-2H3. The van der Waals surface area contributed by atoms with Gasteiger partial charge in [0, 0.05) is 31.7 Å². The maximum absolute atomic E-state index is 12.8. The normalized spacial score (nSPS) is 13.7. The lowest BCUT2D eigenvalue weighted by atomic mass is 10.2. The van der Waals surface area contributed by atoms with Crippen LogP contribution in [0.4, 0.5) is 4.79 Å². The Labute approximate surface area is 201 Å². The van der Waals surface area contributed by atoms with Gasteiger partial charge in [-0.25, -0.2) is 4.79 Å². The Bertz CT molecular complexity index is 1110. The van der Waals surface area contributed by atoms with Gasteiger partial charge in [-0.3, -0.25) is 9.36 Å². The number of benzene rings is 1. The number of nitrogens with zero attached hydrogens (tertiary/aromatic N) is 5. The molecule has 180 valence electrons. The zero-order valence-electron chi connectivity index (χ0n) is 19.2. The number of rotatable bonds is 8. The third-order valence-electron chi connectivity index (χ3n) is 5.42. The van der Waals surface area contributed by atoms with Crippen LogP contribution in [0.25, 0.3) is 11.4 Å². The number of ether oxygens (including phenoxy) is 2. The van der Waals surface area contributed by atoms with Gasteiger partial charge in [0.05, 0.1) is 32.3 Å². The molecule has 11 heteroatoms. The van der Waals surface area contributed by atoms with Crippen molar-refractivity contribution in [3.63, 3.8) is 0 Å². The van der Waals surface area contributed by atoms with Gasteiger partial charge in [0.1, 0.15) is 11.5 Å². The van der Waals surface area contributed by atoms with Gasteiger partial charge in [0.25, 0.3) is 0 Å². The number of amides is 2. The molecule has 4 rings (SSSR count). The molecule has 1 saturated heterocycles. The van der Waals surface area contributed by atoms with E-state index in [1.54, 1.807) is 30.1 Å². The number of methoxy groups -OCH3 is 1. The van der Waals surface area contributed by atoms with Crippen LogP contribution < -0.4 is 4.74 Å². The summed E-state index contributed by atoms with van der Waals surface area (Å²) in [5.74, 6) is 2.34. The summed E-state index contributed by atoms with van der Waals surface area (Å²) in [6, 6.07) is 11.3. The third-order valence-corrected chi connectivity index (χ3v) is 6.37. The molecule has 0 N–H and O–H groups in total. The summed E-state index contributed by atoms with van der Waals surface area (Å²) in [6.07, 6.45) is 1.29. The summed E-state index contributed by atoms with van der Waals surface area (Å²) in [5, 5.41) is 9.36. The number of furan rings is 1. The van der Waals surface area contributed by atoms with Crippen LogP contribution in [0.3, 0.4) is 0 Å². The molecule has 0 unspecified atom stereocenters. The molecule has 1 fully saturated rings. The molecular formula is C23H27N5O5S. The van der Waals surface area contributed by atoms with Crippen molar-refractivity contribution in [2.24, 2.45) is 0 Å². The molecule has 1 aliphatic rings. The summed E-state index contributed by atoms with van der Waals surface area (Å²) >= 11 is 1.33. The number of hydrogen-bond donors (Lipinski definition) is 0. The fourth-order valence-electron chi connectivity index (χ4n) is 3.64. The van der Waals surface area contributed by atoms with E-state index >= 15 is 0 Å². The molecule has 2 amide bonds. The quantitative estimate of drug-likeness (QED) is 0.449. The van der Waals surface area contributed by atoms with Crippen molar-refractivity contribution in [2.45, 2.75) is 18.6 Å². The van der Waals surface area contributed by atoms with Crippen molar-refractivity contribution < 1.29 is 23.5 Å². The smallest absolute Gasteiger partial charge is 0.409 e. The first kappa shape index (κ1) is 23.7. The van der Waals surface area contributed by atoms with Gasteiger partial charge in [0.15, 0.2) is 11.0 Å². The van der Waals surface area contributed by atoms with Crippen LogP contribution in [-0.4, -0.2) is 82.2 Å². The van der Waals surface area contributed by atoms with E-state index in [0.717, 1.165) is 17.1 Å². The zero-order chi connectivity index (χ0) is 23.9. The maximum Gasteiger partial charge on any atom is 0.409 e. The second-order valence-corrected chi connectivity index (χ2v) is 8.50. The Morgan fingerprint density at radius 3 is 2.59 bits per heavy atom. The monoisotopic (exact) mass is 485 g/mol. The molecule has 3 heterocycles. The van der Waals surface area contributed by atoms with E-state index in [1.165, 1.54) is 11.8 Å². The third kappa shape index (κ3) is 5.53. The number of carbonyl (C=O) groups is 2. The molecular weight excluding hydrogens is 458 g/mol. The minimum atomic E-state index is -0.333. The van der Waals surface area contributed by atoms with E-state index in [9.17, 15) is 9.59 Å². The number of aromatic nitrogens is 3. The fraction of sp³-hybridized carbons (Fsp3) is 0.391. The minimum absolute atomic E-state index is 0.0102. The van der Waals surface area contributed by atoms with Crippen LogP contribution >= 0.6 is 11.8 Å². The molecule has 0 aliphatic carbocycles. The highest BCUT2D eigenvalue weighted by atomic mass is 32.2. The first-order chi connectivity index (χ1) is 16.6. The largest absolute Gasteiger partial charge is 0.497 e. The van der Waals surface area contributed by atoms with E-state index in [-0.39, 0.29) is 17.8 Å². The summed E-state index contributed by atoms with van der Waals surface area (Å²) in [4.78, 5) is 28.1. The van der Waals surface area contributed by atoms with Gasteiger partial charge in [-0.1, -0.05) is 23.9 Å². The van der Waals surface area contributed by atoms with E-state index < -0.39 is 0 Å². The number of carbonyl (C=O) groups excluding carboxylic acids is 2. The molecule has 1 aromatic carbocycles. The molecule has 0 spiro atoms. The average molecular weight is 486 g/mol. The average Bonchev–Trinajstić information content (AvgIpc) is 3.53. The topological polar surface area (TPSA) is 103 Å². The first-order valence-corrected chi connectivity index (χ1v) is 12.0. The van der Waals surface area contributed by atoms with Crippen LogP contribution in [0.2, 0.25) is 0 Å². The summed E-state index contributed by atoms with van der Waals surface area (Å²) < 4.78 is 17.9. The summed E-state index contributed by atoms with van der Waals surface area (Å²) in [5.41, 5.74) is 0.853. The van der Waals surface area contributed by atoms with Crippen molar-refractivity contribution in [1.82, 2.24) is 24.6 Å². The van der Waals surface area contributed by atoms with Gasteiger partial charge in [-0.2, -0.15) is 0 Å². The lowest BCUT2D eigenvalue weighted by Gasteiger charge is -2.34. The Morgan fingerprint density at radius 2 is 1.88 bits per heavy atom. The van der Waals surface area contributed by atoms with Crippen molar-refractivity contribution in [1.29, 1.82) is 0 Å². The van der Waals surface area contributed by atoms with Gasteiger partial charge in [0.2, 0.25) is 5.91 Å². The van der Waals surface area contributed by atoms with Crippen molar-refractivity contribution >= 4 is 23.8 Å². The van der Waals surface area contributed by atoms with Crippen LogP contribution in [0.15, 0.2) is 52.2 Å². The molecule has 34 heavy (non-hydrogen) atoms. The molecule has 10 nitrogen and oxygen atoms in total. The Balaban J connectivity index is 1.45. The minimum Gasteiger partial charge on any atom is -0.497 e. The van der Waals surface area contributed by atoms with E-state index in [4.69, 9.17) is 13.9 Å². The highest BCUT2D eigenvalue weighted by molar-refractivity contribution is 7.99. The Kier molecular flexibility index (Phi) is 7.73. The van der Waals surface area contributed by atoms with Crippen molar-refractivity contribution in [3.8, 4) is 17.1 Å². The van der Waals surface area contributed by atoms with Crippen LogP contribution in [0.1, 0.15) is 12.7 Å². The predicted octanol–water partition coefficient (Wildman–Crippen LogP) is 2.99. The second kappa shape index (κ2) is 11.1. The van der Waals surface area contributed by atoms with E-state index in [0.29, 0.717) is 50.3 Å². The Morgan fingerprint density at radius 1 is 1.09 bits per heavy atom. The fourth-order valence-corrected chi connectivity index (χ4v) is 4.48. The zero-order valence-corrected chi connectivity index (χ0v) is 20.0. The van der Waals surface area contributed by atoms with Crippen molar-refractivity contribution in [3.05, 3.63) is 48.4 Å². The van der Waals surface area contributed by atoms with Gasteiger partial charge in [-0.05, 0) is 31.2 Å². The Hall–Kier alpha value is -3.47. The van der Waals surface area contributed by atoms with E-state index in [2.05, 4.69) is 10.2 Å². The van der Waals surface area contributed by atoms with E-state index in [1.807, 2.05) is 41.0 Å². The molecule has 0 saturated carbocycles. The van der Waals surface area contributed by atoms with Gasteiger partial charge in [-0.15, -0.1) is 10.2 Å². The SMILES string of the molecule is CCOC(=O)N1CCN(C(=O)CSc2nnc(-c3cccc(OC)c3)n2Cc2ccco2)CC1. The number of piperazine rings is 1. The molecule has 0 atom stereocenters. The van der Waals surface area contributed by atoms with Crippen LogP contribution in [0, 0.1) is 0 Å². The summed E-state index contributed by atoms with van der Waals surface area (Å²) in [6.45, 7) is 4.43. The lowest BCUT2D eigenvalue weighted by Crippen LogP contribution is -2.51. The van der Waals surface area contributed by atoms with Crippen LogP contribution in [0.5, 0.6) is 5.75 Å². The molecule has 1 aliphatic heterocycles. The maximum atomic E-state index is 12.8. The molecule has 0 radical (unpaired) electrons. The highest BCUT2D eigenvalue weighted by Crippen LogP contribution is 2.28. The van der Waals surface area contributed by atoms with Gasteiger partial charge < -0.3 is 23.7 Å². The lowest BCUT2D eigenvalue weighted by molar-refractivity contribution is -0.129. The first-order valence-electron chi connectivity index (χ1n) is 11.0. The van der Waals surface area contributed by atoms with Gasteiger partial charge >= 0.3 is 6.09 Å². The number of hydrogen-bond acceptors (Lipinski definition) is 8.